The Morgan fingerprint density at radius 3 is 2.70 bits per heavy atom. The molecule has 0 saturated heterocycles. The molecule has 23 heavy (non-hydrogen) atoms. The van der Waals surface area contributed by atoms with Crippen LogP contribution in [0, 0.1) is 0 Å². The number of aromatic nitrogens is 4. The lowest BCUT2D eigenvalue weighted by molar-refractivity contribution is 0.103. The number of anilines is 1. The maximum atomic E-state index is 12.3. The molecule has 0 aliphatic carbocycles. The van der Waals surface area contributed by atoms with Gasteiger partial charge in [0.05, 0.1) is 23.0 Å². The van der Waals surface area contributed by atoms with Crippen molar-refractivity contribution >= 4 is 33.0 Å². The molecule has 1 N–H and O–H groups in total. The molecule has 0 aliphatic heterocycles. The van der Waals surface area contributed by atoms with Crippen molar-refractivity contribution < 1.29 is 4.79 Å². The number of hydrogen-bond donors (Lipinski definition) is 1. The van der Waals surface area contributed by atoms with Gasteiger partial charge in [-0.3, -0.25) is 4.79 Å². The summed E-state index contributed by atoms with van der Waals surface area (Å²) in [4.78, 5) is 21.4. The summed E-state index contributed by atoms with van der Waals surface area (Å²) in [6.07, 6.45) is 6.54. The second-order valence-electron chi connectivity index (χ2n) is 4.82. The molecule has 112 valence electrons. The first-order valence-corrected chi connectivity index (χ1v) is 7.73. The van der Waals surface area contributed by atoms with Gasteiger partial charge in [0.2, 0.25) is 0 Å². The maximum Gasteiger partial charge on any atom is 0.265 e. The minimum atomic E-state index is -0.165. The van der Waals surface area contributed by atoms with E-state index in [0.717, 1.165) is 10.1 Å². The number of carbonyl (C=O) groups excluding carboxylic acids is 1. The molecule has 4 rings (SSSR count). The van der Waals surface area contributed by atoms with Crippen LogP contribution in [0.5, 0.6) is 0 Å². The van der Waals surface area contributed by atoms with Crippen LogP contribution in [0.1, 0.15) is 9.67 Å². The molecule has 0 unspecified atom stereocenters. The number of benzene rings is 1. The van der Waals surface area contributed by atoms with Gasteiger partial charge in [0.25, 0.3) is 11.9 Å². The molecule has 3 heterocycles. The van der Waals surface area contributed by atoms with E-state index in [-0.39, 0.29) is 5.91 Å². The van der Waals surface area contributed by atoms with Crippen LogP contribution in [0.25, 0.3) is 16.0 Å². The summed E-state index contributed by atoms with van der Waals surface area (Å²) in [5.74, 6) is 0.288. The molecule has 1 amide bonds. The zero-order chi connectivity index (χ0) is 15.6. The normalized spacial score (nSPS) is 10.8. The number of carbonyl (C=O) groups is 1. The summed E-state index contributed by atoms with van der Waals surface area (Å²) < 4.78 is 2.64. The summed E-state index contributed by atoms with van der Waals surface area (Å²) in [5, 5.41) is 7.93. The molecule has 3 aromatic heterocycles. The largest absolute Gasteiger partial charge is 0.319 e. The summed E-state index contributed by atoms with van der Waals surface area (Å²) in [5.41, 5.74) is 0.545. The predicted octanol–water partition coefficient (Wildman–Crippen LogP) is 3.13. The third-order valence-corrected chi connectivity index (χ3v) is 4.37. The van der Waals surface area contributed by atoms with Gasteiger partial charge >= 0.3 is 0 Å². The highest BCUT2D eigenvalue weighted by Crippen LogP contribution is 2.25. The van der Waals surface area contributed by atoms with Crippen molar-refractivity contribution in [2.75, 3.05) is 5.32 Å². The quantitative estimate of drug-likeness (QED) is 0.629. The Labute approximate surface area is 135 Å². The van der Waals surface area contributed by atoms with Gasteiger partial charge in [0.15, 0.2) is 0 Å². The topological polar surface area (TPSA) is 72.7 Å². The molecule has 1 aromatic carbocycles. The zero-order valence-corrected chi connectivity index (χ0v) is 12.7. The fraction of sp³-hybridized carbons (Fsp3) is 0. The van der Waals surface area contributed by atoms with E-state index in [1.54, 1.807) is 35.5 Å². The van der Waals surface area contributed by atoms with Crippen molar-refractivity contribution in [1.82, 2.24) is 19.7 Å². The van der Waals surface area contributed by atoms with E-state index in [1.807, 2.05) is 30.3 Å². The average molecular weight is 321 g/mol. The number of nitrogens with zero attached hydrogens (tertiary/aromatic N) is 4. The van der Waals surface area contributed by atoms with E-state index in [4.69, 9.17) is 0 Å². The third kappa shape index (κ3) is 2.69. The molecular formula is C16H11N5OS. The van der Waals surface area contributed by atoms with Gasteiger partial charge < -0.3 is 5.32 Å². The molecule has 0 bridgehead atoms. The van der Waals surface area contributed by atoms with Crippen LogP contribution >= 0.6 is 11.3 Å². The molecule has 0 radical (unpaired) electrons. The smallest absolute Gasteiger partial charge is 0.265 e. The van der Waals surface area contributed by atoms with E-state index in [9.17, 15) is 4.79 Å². The van der Waals surface area contributed by atoms with Crippen molar-refractivity contribution in [2.24, 2.45) is 0 Å². The van der Waals surface area contributed by atoms with E-state index in [1.165, 1.54) is 11.3 Å². The van der Waals surface area contributed by atoms with Crippen molar-refractivity contribution in [3.05, 3.63) is 66.1 Å². The standard InChI is InChI=1S/C16H11N5OS/c22-15(14-8-11-4-1-2-5-13(11)23-14)20-12-9-17-16(18-10-12)21-7-3-6-19-21/h1-10H,(H,20,22). The van der Waals surface area contributed by atoms with Gasteiger partial charge in [-0.2, -0.15) is 5.10 Å². The van der Waals surface area contributed by atoms with Crippen molar-refractivity contribution in [3.63, 3.8) is 0 Å². The lowest BCUT2D eigenvalue weighted by Gasteiger charge is -2.03. The first-order valence-electron chi connectivity index (χ1n) is 6.91. The van der Waals surface area contributed by atoms with Crippen LogP contribution < -0.4 is 5.32 Å². The van der Waals surface area contributed by atoms with Crippen LogP contribution in [-0.2, 0) is 0 Å². The number of hydrogen-bond acceptors (Lipinski definition) is 5. The fourth-order valence-electron chi connectivity index (χ4n) is 2.18. The van der Waals surface area contributed by atoms with Crippen LogP contribution in [-0.4, -0.2) is 25.7 Å². The molecule has 0 fully saturated rings. The Bertz CT molecular complexity index is 927. The molecular weight excluding hydrogens is 310 g/mol. The van der Waals surface area contributed by atoms with Gasteiger partial charge in [-0.15, -0.1) is 11.3 Å². The Hall–Kier alpha value is -3.06. The highest BCUT2D eigenvalue weighted by atomic mass is 32.1. The molecule has 6 nitrogen and oxygen atoms in total. The van der Waals surface area contributed by atoms with Crippen molar-refractivity contribution in [2.45, 2.75) is 0 Å². The van der Waals surface area contributed by atoms with Crippen molar-refractivity contribution in [1.29, 1.82) is 0 Å². The van der Waals surface area contributed by atoms with Gasteiger partial charge in [-0.05, 0) is 23.6 Å². The van der Waals surface area contributed by atoms with Crippen LogP contribution in [0.2, 0.25) is 0 Å². The highest BCUT2D eigenvalue weighted by molar-refractivity contribution is 7.20. The third-order valence-electron chi connectivity index (χ3n) is 3.25. The Balaban J connectivity index is 1.54. The van der Waals surface area contributed by atoms with Crippen LogP contribution in [0.3, 0.4) is 0 Å². The van der Waals surface area contributed by atoms with Gasteiger partial charge in [0, 0.05) is 17.1 Å². The van der Waals surface area contributed by atoms with Crippen LogP contribution in [0.4, 0.5) is 5.69 Å². The van der Waals surface area contributed by atoms with E-state index >= 15 is 0 Å². The van der Waals surface area contributed by atoms with Gasteiger partial charge in [-0.25, -0.2) is 14.6 Å². The first kappa shape index (κ1) is 13.6. The second kappa shape index (κ2) is 5.62. The number of rotatable bonds is 3. The maximum absolute atomic E-state index is 12.3. The number of amides is 1. The minimum absolute atomic E-state index is 0.165. The molecule has 0 spiro atoms. The first-order chi connectivity index (χ1) is 11.3. The zero-order valence-electron chi connectivity index (χ0n) is 11.9. The van der Waals surface area contributed by atoms with E-state index in [2.05, 4.69) is 20.4 Å². The second-order valence-corrected chi connectivity index (χ2v) is 5.91. The average Bonchev–Trinajstić information content (AvgIpc) is 3.25. The summed E-state index contributed by atoms with van der Waals surface area (Å²) in [7, 11) is 0. The van der Waals surface area contributed by atoms with Gasteiger partial charge in [-0.1, -0.05) is 18.2 Å². The van der Waals surface area contributed by atoms with Gasteiger partial charge in [0.1, 0.15) is 0 Å². The highest BCUT2D eigenvalue weighted by Gasteiger charge is 2.11. The van der Waals surface area contributed by atoms with Crippen LogP contribution in [0.15, 0.2) is 61.2 Å². The summed E-state index contributed by atoms with van der Waals surface area (Å²) in [6.45, 7) is 0. The number of nitrogens with one attached hydrogen (secondary N) is 1. The fourth-order valence-corrected chi connectivity index (χ4v) is 3.14. The Morgan fingerprint density at radius 2 is 1.96 bits per heavy atom. The Kier molecular flexibility index (Phi) is 3.32. The molecule has 4 aromatic rings. The molecule has 0 aliphatic rings. The lowest BCUT2D eigenvalue weighted by Crippen LogP contribution is -2.11. The molecule has 0 saturated carbocycles. The summed E-state index contributed by atoms with van der Waals surface area (Å²) in [6, 6.07) is 11.6. The summed E-state index contributed by atoms with van der Waals surface area (Å²) >= 11 is 1.46. The minimum Gasteiger partial charge on any atom is -0.319 e. The Morgan fingerprint density at radius 1 is 1.13 bits per heavy atom. The molecule has 0 atom stereocenters. The predicted molar refractivity (Wildman–Crippen MR) is 88.9 cm³/mol. The number of thiophene rings is 1. The van der Waals surface area contributed by atoms with E-state index < -0.39 is 0 Å². The van der Waals surface area contributed by atoms with E-state index in [0.29, 0.717) is 16.5 Å². The molecule has 7 heteroatoms. The van der Waals surface area contributed by atoms with Crippen molar-refractivity contribution in [3.8, 4) is 5.95 Å². The SMILES string of the molecule is O=C(Nc1cnc(-n2cccn2)nc1)c1cc2ccccc2s1. The lowest BCUT2D eigenvalue weighted by atomic mass is 10.2. The monoisotopic (exact) mass is 321 g/mol. The number of fused-ring (bicyclic) bond motifs is 1.